The highest BCUT2D eigenvalue weighted by Gasteiger charge is 2.31. The smallest absolute Gasteiger partial charge is 0.275 e. The summed E-state index contributed by atoms with van der Waals surface area (Å²) in [5.41, 5.74) is 3.82. The number of amides is 1. The van der Waals surface area contributed by atoms with Crippen LogP contribution in [0.15, 0.2) is 18.7 Å². The second-order valence-electron chi connectivity index (χ2n) is 6.90. The molecule has 0 aromatic carbocycles. The van der Waals surface area contributed by atoms with Crippen LogP contribution in [0, 0.1) is 0 Å². The van der Waals surface area contributed by atoms with E-state index in [1.165, 1.54) is 6.33 Å². The molecule has 1 saturated heterocycles. The summed E-state index contributed by atoms with van der Waals surface area (Å²) < 4.78 is 0. The first-order chi connectivity index (χ1) is 12.3. The molecule has 1 fully saturated rings. The van der Waals surface area contributed by atoms with Crippen molar-refractivity contribution < 1.29 is 4.79 Å². The first-order valence-corrected chi connectivity index (χ1v) is 9.14. The summed E-state index contributed by atoms with van der Waals surface area (Å²) in [6.07, 6.45) is 11.2. The van der Waals surface area contributed by atoms with Crippen LogP contribution in [0.3, 0.4) is 0 Å². The number of nitrogens with zero attached hydrogens (tertiary/aromatic N) is 4. The number of hydrogen-bond acceptors (Lipinski definition) is 5. The van der Waals surface area contributed by atoms with Crippen molar-refractivity contribution in [2.45, 2.75) is 51.1 Å². The molecule has 1 unspecified atom stereocenters. The van der Waals surface area contributed by atoms with Crippen molar-refractivity contribution in [1.29, 1.82) is 0 Å². The molecule has 0 radical (unpaired) electrons. The maximum Gasteiger partial charge on any atom is 0.275 e. The van der Waals surface area contributed by atoms with Gasteiger partial charge in [0.25, 0.3) is 5.91 Å². The van der Waals surface area contributed by atoms with Crippen LogP contribution in [0.4, 0.5) is 0 Å². The molecule has 1 aliphatic carbocycles. The van der Waals surface area contributed by atoms with Gasteiger partial charge in [-0.3, -0.25) is 9.89 Å². The zero-order valence-electron chi connectivity index (χ0n) is 14.4. The number of aryl methyl sites for hydroxylation is 1. The molecule has 7 nitrogen and oxygen atoms in total. The molecule has 0 bridgehead atoms. The average molecular weight is 340 g/mol. The van der Waals surface area contributed by atoms with Gasteiger partial charge in [0.05, 0.1) is 0 Å². The SMILES string of the molecule is O=C(c1n[nH]c2c1CCC2)N(Cc1cncnc1)C1CCCNCC1. The highest BCUT2D eigenvalue weighted by molar-refractivity contribution is 5.94. The van der Waals surface area contributed by atoms with Gasteiger partial charge in [0.2, 0.25) is 0 Å². The Morgan fingerprint density at radius 2 is 2.04 bits per heavy atom. The van der Waals surface area contributed by atoms with Crippen LogP contribution >= 0.6 is 0 Å². The molecule has 1 amide bonds. The highest BCUT2D eigenvalue weighted by atomic mass is 16.2. The number of fused-ring (bicyclic) bond motifs is 1. The van der Waals surface area contributed by atoms with Crippen LogP contribution < -0.4 is 5.32 Å². The number of aromatic amines is 1. The van der Waals surface area contributed by atoms with Crippen LogP contribution in [0.2, 0.25) is 0 Å². The van der Waals surface area contributed by atoms with Crippen LogP contribution in [-0.4, -0.2) is 50.1 Å². The summed E-state index contributed by atoms with van der Waals surface area (Å²) in [6, 6.07) is 0.219. The molecular formula is C18H24N6O. The minimum absolute atomic E-state index is 0.0372. The molecule has 2 aliphatic rings. The lowest BCUT2D eigenvalue weighted by atomic mass is 10.0. The third kappa shape index (κ3) is 3.42. The number of hydrogen-bond donors (Lipinski definition) is 2. The summed E-state index contributed by atoms with van der Waals surface area (Å²) in [4.78, 5) is 23.5. The molecule has 25 heavy (non-hydrogen) atoms. The van der Waals surface area contributed by atoms with Crippen molar-refractivity contribution in [3.8, 4) is 0 Å². The molecule has 1 aliphatic heterocycles. The number of carbonyl (C=O) groups excluding carboxylic acids is 1. The molecule has 2 aromatic rings. The van der Waals surface area contributed by atoms with Crippen molar-refractivity contribution >= 4 is 5.91 Å². The van der Waals surface area contributed by atoms with Crippen molar-refractivity contribution in [3.05, 3.63) is 41.2 Å². The van der Waals surface area contributed by atoms with E-state index in [4.69, 9.17) is 0 Å². The predicted octanol–water partition coefficient (Wildman–Crippen LogP) is 1.47. The lowest BCUT2D eigenvalue weighted by Gasteiger charge is -2.30. The van der Waals surface area contributed by atoms with E-state index >= 15 is 0 Å². The Labute approximate surface area is 147 Å². The Kier molecular flexibility index (Phi) is 4.74. The first kappa shape index (κ1) is 16.2. The van der Waals surface area contributed by atoms with Gasteiger partial charge in [0, 0.05) is 41.8 Å². The topological polar surface area (TPSA) is 86.8 Å². The highest BCUT2D eigenvalue weighted by Crippen LogP contribution is 2.26. The molecule has 0 spiro atoms. The maximum absolute atomic E-state index is 13.4. The standard InChI is InChI=1S/C18H24N6O/c25-18(17-15-4-1-5-16(15)22-23-17)24(11-13-9-20-12-21-10-13)14-3-2-7-19-8-6-14/h9-10,12,14,19H,1-8,11H2,(H,22,23). The zero-order valence-corrected chi connectivity index (χ0v) is 14.4. The fraction of sp³-hybridized carbons (Fsp3) is 0.556. The Morgan fingerprint density at radius 1 is 1.16 bits per heavy atom. The lowest BCUT2D eigenvalue weighted by molar-refractivity contribution is 0.0637. The number of aromatic nitrogens is 4. The van der Waals surface area contributed by atoms with E-state index in [0.29, 0.717) is 12.2 Å². The number of nitrogens with one attached hydrogen (secondary N) is 2. The summed E-state index contributed by atoms with van der Waals surface area (Å²) in [5, 5.41) is 10.8. The van der Waals surface area contributed by atoms with Gasteiger partial charge in [-0.1, -0.05) is 0 Å². The quantitative estimate of drug-likeness (QED) is 0.880. The molecule has 1 atom stereocenters. The Bertz CT molecular complexity index is 720. The largest absolute Gasteiger partial charge is 0.330 e. The zero-order chi connectivity index (χ0) is 17.1. The lowest BCUT2D eigenvalue weighted by Crippen LogP contribution is -2.41. The normalized spacial score (nSPS) is 20.1. The van der Waals surface area contributed by atoms with Crippen molar-refractivity contribution in [1.82, 2.24) is 30.4 Å². The van der Waals surface area contributed by atoms with Gasteiger partial charge >= 0.3 is 0 Å². The van der Waals surface area contributed by atoms with Crippen molar-refractivity contribution in [2.75, 3.05) is 13.1 Å². The fourth-order valence-corrected chi connectivity index (χ4v) is 3.92. The summed E-state index contributed by atoms with van der Waals surface area (Å²) in [7, 11) is 0. The van der Waals surface area contributed by atoms with Crippen LogP contribution in [0.5, 0.6) is 0 Å². The van der Waals surface area contributed by atoms with Gasteiger partial charge in [-0.05, 0) is 51.6 Å². The molecule has 0 saturated carbocycles. The minimum Gasteiger partial charge on any atom is -0.330 e. The average Bonchev–Trinajstić information content (AvgIpc) is 3.15. The number of H-pyrrole nitrogens is 1. The molecule has 7 heteroatoms. The monoisotopic (exact) mass is 340 g/mol. The molecular weight excluding hydrogens is 316 g/mol. The van der Waals surface area contributed by atoms with E-state index in [2.05, 4.69) is 25.5 Å². The van der Waals surface area contributed by atoms with E-state index < -0.39 is 0 Å². The fourth-order valence-electron chi connectivity index (χ4n) is 3.92. The maximum atomic E-state index is 13.4. The van der Waals surface area contributed by atoms with Gasteiger partial charge in [0.1, 0.15) is 6.33 Å². The summed E-state index contributed by atoms with van der Waals surface area (Å²) in [6.45, 7) is 2.50. The second kappa shape index (κ2) is 7.31. The molecule has 4 rings (SSSR count). The molecule has 2 aromatic heterocycles. The molecule has 132 valence electrons. The number of carbonyl (C=O) groups is 1. The van der Waals surface area contributed by atoms with E-state index in [-0.39, 0.29) is 11.9 Å². The Balaban J connectivity index is 1.62. The van der Waals surface area contributed by atoms with Gasteiger partial charge in [0.15, 0.2) is 5.69 Å². The van der Waals surface area contributed by atoms with Gasteiger partial charge in [-0.15, -0.1) is 0 Å². The predicted molar refractivity (Wildman–Crippen MR) is 93.0 cm³/mol. The van der Waals surface area contributed by atoms with Crippen molar-refractivity contribution in [3.63, 3.8) is 0 Å². The summed E-state index contributed by atoms with van der Waals surface area (Å²) in [5.74, 6) is 0.0372. The van der Waals surface area contributed by atoms with Crippen LogP contribution in [-0.2, 0) is 19.4 Å². The summed E-state index contributed by atoms with van der Waals surface area (Å²) >= 11 is 0. The van der Waals surface area contributed by atoms with E-state index in [0.717, 1.165) is 68.4 Å². The Morgan fingerprint density at radius 3 is 2.92 bits per heavy atom. The third-order valence-electron chi connectivity index (χ3n) is 5.22. The Hall–Kier alpha value is -2.28. The van der Waals surface area contributed by atoms with E-state index in [1.807, 2.05) is 4.90 Å². The van der Waals surface area contributed by atoms with Gasteiger partial charge in [-0.25, -0.2) is 9.97 Å². The van der Waals surface area contributed by atoms with Gasteiger partial charge < -0.3 is 10.2 Å². The van der Waals surface area contributed by atoms with Crippen LogP contribution in [0.1, 0.15) is 53.0 Å². The van der Waals surface area contributed by atoms with Crippen molar-refractivity contribution in [2.24, 2.45) is 0 Å². The second-order valence-corrected chi connectivity index (χ2v) is 6.90. The van der Waals surface area contributed by atoms with E-state index in [9.17, 15) is 4.79 Å². The minimum atomic E-state index is 0.0372. The number of rotatable bonds is 4. The van der Waals surface area contributed by atoms with Gasteiger partial charge in [-0.2, -0.15) is 5.10 Å². The molecule has 3 heterocycles. The van der Waals surface area contributed by atoms with E-state index in [1.54, 1.807) is 12.4 Å². The van der Waals surface area contributed by atoms with Crippen LogP contribution in [0.25, 0.3) is 0 Å². The first-order valence-electron chi connectivity index (χ1n) is 9.14. The molecule has 2 N–H and O–H groups in total. The third-order valence-corrected chi connectivity index (χ3v) is 5.22.